The molecule has 0 saturated carbocycles. The van der Waals surface area contributed by atoms with Crippen molar-refractivity contribution in [1.29, 1.82) is 0 Å². The molecule has 0 radical (unpaired) electrons. The molecule has 0 aliphatic heterocycles. The van der Waals surface area contributed by atoms with E-state index >= 15 is 0 Å². The molecular formula is C11H14BrNO. The normalized spacial score (nSPS) is 10.6. The highest BCUT2D eigenvalue weighted by Gasteiger charge is 2.02. The molecule has 1 rings (SSSR count). The number of aryl methyl sites for hydroxylation is 1. The van der Waals surface area contributed by atoms with Crippen molar-refractivity contribution in [2.45, 2.75) is 13.5 Å². The Hall–Kier alpha value is -0.670. The molecule has 0 aromatic heterocycles. The van der Waals surface area contributed by atoms with Gasteiger partial charge in [-0.25, -0.2) is 0 Å². The van der Waals surface area contributed by atoms with Gasteiger partial charge in [-0.3, -0.25) is 4.90 Å². The maximum Gasteiger partial charge on any atom is 0.133 e. The van der Waals surface area contributed by atoms with Crippen molar-refractivity contribution in [3.8, 4) is 0 Å². The molecule has 3 heteroatoms. The van der Waals surface area contributed by atoms with E-state index in [4.69, 9.17) is 0 Å². The lowest BCUT2D eigenvalue weighted by molar-refractivity contribution is -0.108. The molecule has 0 aliphatic rings. The van der Waals surface area contributed by atoms with Crippen molar-refractivity contribution in [1.82, 2.24) is 4.90 Å². The molecule has 0 bridgehead atoms. The van der Waals surface area contributed by atoms with Crippen molar-refractivity contribution in [3.05, 3.63) is 33.8 Å². The molecule has 0 atom stereocenters. The quantitative estimate of drug-likeness (QED) is 0.771. The molecule has 0 fully saturated rings. The van der Waals surface area contributed by atoms with E-state index in [-0.39, 0.29) is 0 Å². The number of carbonyl (C=O) groups is 1. The highest BCUT2D eigenvalue weighted by Crippen LogP contribution is 2.17. The van der Waals surface area contributed by atoms with E-state index in [2.05, 4.69) is 35.0 Å². The van der Waals surface area contributed by atoms with Gasteiger partial charge in [-0.1, -0.05) is 22.0 Å². The Bertz CT molecular complexity index is 325. The molecule has 0 saturated heterocycles. The van der Waals surface area contributed by atoms with Crippen molar-refractivity contribution in [2.24, 2.45) is 0 Å². The molecule has 0 N–H and O–H groups in total. The summed E-state index contributed by atoms with van der Waals surface area (Å²) in [6.07, 6.45) is 0.924. The Balaban J connectivity index is 2.74. The number of hydrogen-bond acceptors (Lipinski definition) is 2. The smallest absolute Gasteiger partial charge is 0.133 e. The summed E-state index contributed by atoms with van der Waals surface area (Å²) in [5, 5.41) is 0. The predicted molar refractivity (Wildman–Crippen MR) is 61.3 cm³/mol. The SMILES string of the molecule is Cc1ccc(Br)cc1CN(C)CC=O. The summed E-state index contributed by atoms with van der Waals surface area (Å²) in [4.78, 5) is 12.3. The molecule has 1 aromatic rings. The van der Waals surface area contributed by atoms with Gasteiger partial charge >= 0.3 is 0 Å². The Morgan fingerprint density at radius 1 is 1.50 bits per heavy atom. The summed E-state index contributed by atoms with van der Waals surface area (Å²) >= 11 is 3.44. The maximum absolute atomic E-state index is 10.3. The summed E-state index contributed by atoms with van der Waals surface area (Å²) in [6, 6.07) is 6.20. The van der Waals surface area contributed by atoms with Crippen LogP contribution in [0.15, 0.2) is 22.7 Å². The van der Waals surface area contributed by atoms with Crippen LogP contribution in [0.2, 0.25) is 0 Å². The third-order valence-electron chi connectivity index (χ3n) is 2.14. The van der Waals surface area contributed by atoms with Crippen LogP contribution in [-0.2, 0) is 11.3 Å². The third kappa shape index (κ3) is 3.24. The van der Waals surface area contributed by atoms with Crippen molar-refractivity contribution < 1.29 is 4.79 Å². The number of aldehydes is 1. The predicted octanol–water partition coefficient (Wildman–Crippen LogP) is 2.39. The number of rotatable bonds is 4. The molecule has 0 heterocycles. The highest BCUT2D eigenvalue weighted by molar-refractivity contribution is 9.10. The minimum Gasteiger partial charge on any atom is -0.302 e. The Morgan fingerprint density at radius 2 is 2.21 bits per heavy atom. The number of nitrogens with zero attached hydrogens (tertiary/aromatic N) is 1. The van der Waals surface area contributed by atoms with E-state index in [1.807, 2.05) is 18.0 Å². The molecule has 0 aliphatic carbocycles. The molecule has 14 heavy (non-hydrogen) atoms. The number of halogens is 1. The first-order valence-corrected chi connectivity index (χ1v) is 5.30. The molecule has 1 aromatic carbocycles. The van der Waals surface area contributed by atoms with Crippen LogP contribution in [0, 0.1) is 6.92 Å². The maximum atomic E-state index is 10.3. The average molecular weight is 256 g/mol. The zero-order chi connectivity index (χ0) is 10.6. The summed E-state index contributed by atoms with van der Waals surface area (Å²) in [6.45, 7) is 3.37. The molecule has 0 amide bonds. The third-order valence-corrected chi connectivity index (χ3v) is 2.63. The van der Waals surface area contributed by atoms with Gasteiger partial charge in [0.2, 0.25) is 0 Å². The Labute approximate surface area is 93.0 Å². The van der Waals surface area contributed by atoms with E-state index in [0.29, 0.717) is 6.54 Å². The summed E-state index contributed by atoms with van der Waals surface area (Å²) in [5.74, 6) is 0. The van der Waals surface area contributed by atoms with Crippen molar-refractivity contribution in [2.75, 3.05) is 13.6 Å². The summed E-state index contributed by atoms with van der Waals surface area (Å²) in [5.41, 5.74) is 2.51. The van der Waals surface area contributed by atoms with Gasteiger partial charge in [0.05, 0.1) is 6.54 Å². The van der Waals surface area contributed by atoms with Crippen LogP contribution < -0.4 is 0 Å². The molecule has 76 valence electrons. The molecule has 0 unspecified atom stereocenters. The molecule has 0 spiro atoms. The van der Waals surface area contributed by atoms with Crippen LogP contribution in [0.4, 0.5) is 0 Å². The lowest BCUT2D eigenvalue weighted by Gasteiger charge is -2.15. The second kappa shape index (κ2) is 5.27. The Kier molecular flexibility index (Phi) is 4.29. The second-order valence-corrected chi connectivity index (χ2v) is 4.35. The van der Waals surface area contributed by atoms with Gasteiger partial charge in [0.15, 0.2) is 0 Å². The van der Waals surface area contributed by atoms with Crippen LogP contribution in [-0.4, -0.2) is 24.8 Å². The van der Waals surface area contributed by atoms with Crippen LogP contribution in [0.5, 0.6) is 0 Å². The van der Waals surface area contributed by atoms with E-state index in [0.717, 1.165) is 17.3 Å². The van der Waals surface area contributed by atoms with Gasteiger partial charge in [-0.15, -0.1) is 0 Å². The average Bonchev–Trinajstić information content (AvgIpc) is 2.12. The Morgan fingerprint density at radius 3 is 2.86 bits per heavy atom. The first-order chi connectivity index (χ1) is 6.63. The monoisotopic (exact) mass is 255 g/mol. The second-order valence-electron chi connectivity index (χ2n) is 3.43. The fourth-order valence-electron chi connectivity index (χ4n) is 1.29. The largest absolute Gasteiger partial charge is 0.302 e. The van der Waals surface area contributed by atoms with Gasteiger partial charge in [0.25, 0.3) is 0 Å². The van der Waals surface area contributed by atoms with Crippen LogP contribution in [0.1, 0.15) is 11.1 Å². The lowest BCUT2D eigenvalue weighted by atomic mass is 10.1. The van der Waals surface area contributed by atoms with E-state index in [1.165, 1.54) is 11.1 Å². The fourth-order valence-corrected chi connectivity index (χ4v) is 1.70. The van der Waals surface area contributed by atoms with Crippen LogP contribution in [0.25, 0.3) is 0 Å². The van der Waals surface area contributed by atoms with E-state index in [1.54, 1.807) is 0 Å². The minimum absolute atomic E-state index is 0.478. The number of hydrogen-bond donors (Lipinski definition) is 0. The summed E-state index contributed by atoms with van der Waals surface area (Å²) in [7, 11) is 1.94. The number of carbonyl (C=O) groups excluding carboxylic acids is 1. The number of likely N-dealkylation sites (N-methyl/N-ethyl adjacent to an activating group) is 1. The first-order valence-electron chi connectivity index (χ1n) is 4.50. The van der Waals surface area contributed by atoms with Crippen molar-refractivity contribution in [3.63, 3.8) is 0 Å². The first kappa shape index (κ1) is 11.4. The van der Waals surface area contributed by atoms with Gasteiger partial charge < -0.3 is 4.79 Å². The molecule has 2 nitrogen and oxygen atoms in total. The standard InChI is InChI=1S/C11H14BrNO/c1-9-3-4-11(12)7-10(9)8-13(2)5-6-14/h3-4,6-7H,5,8H2,1-2H3. The molecular weight excluding hydrogens is 242 g/mol. The zero-order valence-corrected chi connectivity index (χ0v) is 10.0. The zero-order valence-electron chi connectivity index (χ0n) is 8.46. The summed E-state index contributed by atoms with van der Waals surface area (Å²) < 4.78 is 1.08. The van der Waals surface area contributed by atoms with Crippen LogP contribution in [0.3, 0.4) is 0 Å². The van der Waals surface area contributed by atoms with Gasteiger partial charge in [0.1, 0.15) is 6.29 Å². The van der Waals surface area contributed by atoms with Crippen molar-refractivity contribution >= 4 is 22.2 Å². The highest BCUT2D eigenvalue weighted by atomic mass is 79.9. The lowest BCUT2D eigenvalue weighted by Crippen LogP contribution is -2.20. The topological polar surface area (TPSA) is 20.3 Å². The minimum atomic E-state index is 0.478. The van der Waals surface area contributed by atoms with Gasteiger partial charge in [-0.05, 0) is 37.2 Å². The van der Waals surface area contributed by atoms with Gasteiger partial charge in [-0.2, -0.15) is 0 Å². The number of benzene rings is 1. The van der Waals surface area contributed by atoms with E-state index in [9.17, 15) is 4.79 Å². The van der Waals surface area contributed by atoms with Crippen LogP contribution >= 0.6 is 15.9 Å². The fraction of sp³-hybridized carbons (Fsp3) is 0.364. The van der Waals surface area contributed by atoms with Gasteiger partial charge in [0, 0.05) is 11.0 Å². The van der Waals surface area contributed by atoms with E-state index < -0.39 is 0 Å².